The van der Waals surface area contributed by atoms with E-state index in [1.54, 1.807) is 13.2 Å². The summed E-state index contributed by atoms with van der Waals surface area (Å²) in [5.41, 5.74) is 6.66. The van der Waals surface area contributed by atoms with E-state index in [9.17, 15) is 5.11 Å². The van der Waals surface area contributed by atoms with Crippen molar-refractivity contribution in [3.8, 4) is 5.75 Å². The van der Waals surface area contributed by atoms with Crippen LogP contribution in [0.15, 0.2) is 18.2 Å². The van der Waals surface area contributed by atoms with Crippen molar-refractivity contribution in [2.75, 3.05) is 25.1 Å². The smallest absolute Gasteiger partial charge is 0.124 e. The van der Waals surface area contributed by atoms with E-state index in [4.69, 9.17) is 15.9 Å². The first-order valence-electron chi connectivity index (χ1n) is 6.43. The molecule has 4 N–H and O–H groups in total. The van der Waals surface area contributed by atoms with Gasteiger partial charge in [-0.15, -0.1) is 0 Å². The van der Waals surface area contributed by atoms with Gasteiger partial charge in [-0.25, -0.2) is 0 Å². The number of aliphatic hydroxyl groups is 1. The van der Waals surface area contributed by atoms with E-state index in [1.165, 1.54) is 0 Å². The molecule has 104 valence electrons. The predicted octanol–water partition coefficient (Wildman–Crippen LogP) is 1.33. The Morgan fingerprint density at radius 1 is 1.42 bits per heavy atom. The Bertz CT molecular complexity index is 476. The van der Waals surface area contributed by atoms with Gasteiger partial charge in [0, 0.05) is 24.7 Å². The van der Waals surface area contributed by atoms with Crippen molar-refractivity contribution in [3.63, 3.8) is 0 Å². The number of ether oxygens (including phenoxy) is 1. The third-order valence-corrected chi connectivity index (χ3v) is 3.68. The molecule has 19 heavy (non-hydrogen) atoms. The fraction of sp³-hybridized carbons (Fsp3) is 0.500. The Kier molecular flexibility index (Phi) is 3.66. The van der Waals surface area contributed by atoms with Crippen molar-refractivity contribution in [2.45, 2.75) is 25.4 Å². The molecule has 0 amide bonds. The van der Waals surface area contributed by atoms with Gasteiger partial charge in [-0.3, -0.25) is 5.41 Å². The van der Waals surface area contributed by atoms with Gasteiger partial charge in [-0.1, -0.05) is 0 Å². The lowest BCUT2D eigenvalue weighted by molar-refractivity contribution is 0.0351. The van der Waals surface area contributed by atoms with Crippen LogP contribution in [0.4, 0.5) is 5.69 Å². The van der Waals surface area contributed by atoms with Crippen molar-refractivity contribution in [3.05, 3.63) is 23.8 Å². The first-order chi connectivity index (χ1) is 8.93. The fourth-order valence-electron chi connectivity index (χ4n) is 2.36. The van der Waals surface area contributed by atoms with Gasteiger partial charge in [0.1, 0.15) is 11.6 Å². The topological polar surface area (TPSA) is 82.6 Å². The number of anilines is 1. The molecule has 1 aliphatic heterocycles. The summed E-state index contributed by atoms with van der Waals surface area (Å²) in [6.07, 6.45) is 1.42. The summed E-state index contributed by atoms with van der Waals surface area (Å²) in [4.78, 5) is 2.15. The number of piperidine rings is 1. The lowest BCUT2D eigenvalue weighted by atomic mass is 9.93. The first-order valence-corrected chi connectivity index (χ1v) is 6.43. The van der Waals surface area contributed by atoms with Crippen LogP contribution in [0.3, 0.4) is 0 Å². The van der Waals surface area contributed by atoms with E-state index in [0.717, 1.165) is 24.5 Å². The summed E-state index contributed by atoms with van der Waals surface area (Å²) in [7, 11) is 1.62. The van der Waals surface area contributed by atoms with Crippen molar-refractivity contribution in [2.24, 2.45) is 5.73 Å². The summed E-state index contributed by atoms with van der Waals surface area (Å²) in [6, 6.07) is 5.51. The summed E-state index contributed by atoms with van der Waals surface area (Å²) in [5.74, 6) is 0.798. The van der Waals surface area contributed by atoms with Gasteiger partial charge in [0.25, 0.3) is 0 Å². The predicted molar refractivity (Wildman–Crippen MR) is 76.1 cm³/mol. The number of amidine groups is 1. The Morgan fingerprint density at radius 2 is 2.05 bits per heavy atom. The highest BCUT2D eigenvalue weighted by atomic mass is 16.5. The number of nitrogens with two attached hydrogens (primary N) is 1. The van der Waals surface area contributed by atoms with E-state index < -0.39 is 5.60 Å². The zero-order valence-electron chi connectivity index (χ0n) is 11.4. The highest BCUT2D eigenvalue weighted by Gasteiger charge is 2.28. The van der Waals surface area contributed by atoms with Crippen LogP contribution in [-0.4, -0.2) is 36.7 Å². The summed E-state index contributed by atoms with van der Waals surface area (Å²) in [5, 5.41) is 17.7. The average molecular weight is 263 g/mol. The molecular formula is C14H21N3O2. The van der Waals surface area contributed by atoms with Crippen LogP contribution in [0.1, 0.15) is 25.3 Å². The molecule has 1 aromatic carbocycles. The monoisotopic (exact) mass is 263 g/mol. The molecule has 0 bridgehead atoms. The number of hydrogen-bond donors (Lipinski definition) is 3. The van der Waals surface area contributed by atoms with E-state index in [0.29, 0.717) is 18.4 Å². The van der Waals surface area contributed by atoms with Gasteiger partial charge in [0.05, 0.1) is 18.4 Å². The molecule has 1 aliphatic rings. The number of hydrogen-bond acceptors (Lipinski definition) is 4. The second kappa shape index (κ2) is 5.09. The highest BCUT2D eigenvalue weighted by molar-refractivity contribution is 6.00. The molecule has 0 radical (unpaired) electrons. The molecule has 0 atom stereocenters. The number of methoxy groups -OCH3 is 1. The third-order valence-electron chi connectivity index (χ3n) is 3.68. The summed E-state index contributed by atoms with van der Waals surface area (Å²) >= 11 is 0. The Morgan fingerprint density at radius 3 is 2.58 bits per heavy atom. The molecule has 5 heteroatoms. The van der Waals surface area contributed by atoms with Gasteiger partial charge in [0.15, 0.2) is 0 Å². The minimum Gasteiger partial charge on any atom is -0.497 e. The van der Waals surface area contributed by atoms with Crippen LogP contribution in [0.2, 0.25) is 0 Å². The van der Waals surface area contributed by atoms with Crippen LogP contribution in [0.5, 0.6) is 5.75 Å². The van der Waals surface area contributed by atoms with Crippen LogP contribution in [0, 0.1) is 5.41 Å². The minimum absolute atomic E-state index is 0.0509. The molecule has 0 aromatic heterocycles. The van der Waals surface area contributed by atoms with E-state index >= 15 is 0 Å². The normalized spacial score (nSPS) is 18.2. The maximum Gasteiger partial charge on any atom is 0.124 e. The highest BCUT2D eigenvalue weighted by Crippen LogP contribution is 2.30. The average Bonchev–Trinajstić information content (AvgIpc) is 2.38. The van der Waals surface area contributed by atoms with E-state index in [1.807, 2.05) is 19.1 Å². The van der Waals surface area contributed by atoms with Gasteiger partial charge >= 0.3 is 0 Å². The largest absolute Gasteiger partial charge is 0.497 e. The Labute approximate surface area is 113 Å². The van der Waals surface area contributed by atoms with Gasteiger partial charge in [0.2, 0.25) is 0 Å². The van der Waals surface area contributed by atoms with Gasteiger partial charge < -0.3 is 20.5 Å². The van der Waals surface area contributed by atoms with Crippen LogP contribution in [-0.2, 0) is 0 Å². The number of rotatable bonds is 3. The number of nitrogens with zero attached hydrogens (tertiary/aromatic N) is 1. The van der Waals surface area contributed by atoms with Crippen LogP contribution in [0.25, 0.3) is 0 Å². The van der Waals surface area contributed by atoms with Crippen LogP contribution >= 0.6 is 0 Å². The zero-order chi connectivity index (χ0) is 14.0. The maximum atomic E-state index is 10.0. The maximum absolute atomic E-state index is 10.0. The van der Waals surface area contributed by atoms with Crippen molar-refractivity contribution < 1.29 is 9.84 Å². The van der Waals surface area contributed by atoms with Crippen LogP contribution < -0.4 is 15.4 Å². The quantitative estimate of drug-likeness (QED) is 0.567. The molecular weight excluding hydrogens is 242 g/mol. The zero-order valence-corrected chi connectivity index (χ0v) is 11.4. The van der Waals surface area contributed by atoms with Gasteiger partial charge in [-0.05, 0) is 31.9 Å². The third kappa shape index (κ3) is 2.98. The fourth-order valence-corrected chi connectivity index (χ4v) is 2.36. The number of benzene rings is 1. The minimum atomic E-state index is -0.592. The molecule has 0 unspecified atom stereocenters. The lowest BCUT2D eigenvalue weighted by Gasteiger charge is -2.38. The standard InChI is InChI=1S/C14H21N3O2/c1-14(18)5-7-17(8-6-14)12-9-10(19-2)3-4-11(12)13(15)16/h3-4,9,18H,5-8H2,1-2H3,(H3,15,16). The SMILES string of the molecule is COc1ccc(C(=N)N)c(N2CCC(C)(O)CC2)c1. The molecule has 0 saturated carbocycles. The molecule has 0 aliphatic carbocycles. The van der Waals surface area contributed by atoms with E-state index in [-0.39, 0.29) is 5.84 Å². The molecule has 1 heterocycles. The molecule has 1 saturated heterocycles. The summed E-state index contributed by atoms with van der Waals surface area (Å²) < 4.78 is 5.23. The molecule has 1 aromatic rings. The second-order valence-electron chi connectivity index (χ2n) is 5.28. The second-order valence-corrected chi connectivity index (χ2v) is 5.28. The van der Waals surface area contributed by atoms with Gasteiger partial charge in [-0.2, -0.15) is 0 Å². The Hall–Kier alpha value is -1.75. The first kappa shape index (κ1) is 13.7. The number of nitrogens with one attached hydrogen (secondary N) is 1. The number of nitrogen functional groups attached to an aromatic ring is 1. The lowest BCUT2D eigenvalue weighted by Crippen LogP contribution is -2.43. The molecule has 5 nitrogen and oxygen atoms in total. The molecule has 2 rings (SSSR count). The van der Waals surface area contributed by atoms with Crippen molar-refractivity contribution in [1.29, 1.82) is 5.41 Å². The van der Waals surface area contributed by atoms with Crippen molar-refractivity contribution in [1.82, 2.24) is 0 Å². The van der Waals surface area contributed by atoms with E-state index in [2.05, 4.69) is 4.90 Å². The van der Waals surface area contributed by atoms with Crippen molar-refractivity contribution >= 4 is 11.5 Å². The Balaban J connectivity index is 2.30. The summed E-state index contributed by atoms with van der Waals surface area (Å²) in [6.45, 7) is 3.36. The molecule has 1 fully saturated rings. The molecule has 0 spiro atoms.